The fraction of sp³-hybridized carbons (Fsp3) is 0. The lowest BCUT2D eigenvalue weighted by molar-refractivity contribution is -0.432. The predicted molar refractivity (Wildman–Crippen MR) is 98.2 cm³/mol. The third kappa shape index (κ3) is 4.73. The zero-order valence-corrected chi connectivity index (χ0v) is 15.3. The van der Waals surface area contributed by atoms with Crippen LogP contribution >= 0.6 is 36.3 Å². The van der Waals surface area contributed by atoms with E-state index in [0.29, 0.717) is 4.77 Å². The molecule has 3 rings (SSSR count). The minimum atomic E-state index is 0.501. The van der Waals surface area contributed by atoms with Crippen molar-refractivity contribution in [2.45, 2.75) is 9.79 Å². The van der Waals surface area contributed by atoms with Gasteiger partial charge in [-0.15, -0.1) is 8.67 Å². The van der Waals surface area contributed by atoms with E-state index in [0.717, 1.165) is 56.4 Å². The van der Waals surface area contributed by atoms with E-state index in [1.807, 2.05) is 48.5 Å². The molecule has 3 aromatic rings. The molecule has 0 radical (unpaired) electrons. The Balaban J connectivity index is 1.87. The summed E-state index contributed by atoms with van der Waals surface area (Å²) in [6.45, 7) is 0. The average Bonchev–Trinajstić information content (AvgIpc) is 3.07. The molecule has 4 N–H and O–H groups in total. The number of hydrogen-bond acceptors (Lipinski definition) is 9. The molecule has 0 aliphatic carbocycles. The van der Waals surface area contributed by atoms with Crippen LogP contribution in [0.1, 0.15) is 0 Å². The molecule has 26 heavy (non-hydrogen) atoms. The van der Waals surface area contributed by atoms with Crippen LogP contribution in [0.2, 0.25) is 0 Å². The Kier molecular flexibility index (Phi) is 6.85. The molecule has 0 atom stereocenters. The normalized spacial score (nSPS) is 11.0. The summed E-state index contributed by atoms with van der Waals surface area (Å²) in [7, 11) is 0. The van der Waals surface area contributed by atoms with E-state index in [1.165, 1.54) is 0 Å². The van der Waals surface area contributed by atoms with Crippen molar-refractivity contribution >= 4 is 36.3 Å². The minimum absolute atomic E-state index is 0.501. The van der Waals surface area contributed by atoms with Crippen LogP contribution in [0.4, 0.5) is 0 Å². The van der Waals surface area contributed by atoms with Crippen molar-refractivity contribution in [2.75, 3.05) is 0 Å². The lowest BCUT2D eigenvalue weighted by Gasteiger charge is -2.06. The van der Waals surface area contributed by atoms with Crippen LogP contribution in [0.3, 0.4) is 0 Å². The summed E-state index contributed by atoms with van der Waals surface area (Å²) in [5.74, 6) is 0. The number of imidazole rings is 1. The first kappa shape index (κ1) is 19.1. The van der Waals surface area contributed by atoms with Gasteiger partial charge in [0.15, 0.2) is 4.77 Å². The van der Waals surface area contributed by atoms with Crippen molar-refractivity contribution < 1.29 is 29.3 Å². The molecule has 8 nitrogen and oxygen atoms in total. The first-order chi connectivity index (χ1) is 12.7. The zero-order chi connectivity index (χ0) is 18.4. The van der Waals surface area contributed by atoms with E-state index >= 15 is 0 Å². The van der Waals surface area contributed by atoms with Crippen LogP contribution in [0.15, 0.2) is 58.3 Å². The van der Waals surface area contributed by atoms with Crippen LogP contribution in [-0.4, -0.2) is 20.5 Å². The first-order valence-corrected chi connectivity index (χ1v) is 8.93. The smallest absolute Gasteiger partial charge is 0.175 e. The number of rotatable bonds is 8. The van der Waals surface area contributed by atoms with E-state index in [2.05, 4.69) is 28.7 Å². The van der Waals surface area contributed by atoms with Crippen molar-refractivity contribution in [3.8, 4) is 22.5 Å². The highest BCUT2D eigenvalue weighted by Gasteiger charge is 2.11. The summed E-state index contributed by atoms with van der Waals surface area (Å²) in [6, 6.07) is 14.8. The maximum Gasteiger partial charge on any atom is 0.175 e. The molecule has 0 unspecified atom stereocenters. The third-order valence-corrected chi connectivity index (χ3v) is 4.73. The molecule has 0 saturated heterocycles. The van der Waals surface area contributed by atoms with Crippen molar-refractivity contribution in [3.63, 3.8) is 0 Å². The average molecular weight is 412 g/mol. The SMILES string of the molecule is OOOSc1ccc(-c2[nH]c(=S)[nH]c2-c2ccc(SOOO)cc2)cc1. The largest absolute Gasteiger partial charge is 0.330 e. The molecule has 0 saturated carbocycles. The number of aromatic nitrogens is 2. The third-order valence-electron chi connectivity index (χ3n) is 3.33. The second kappa shape index (κ2) is 9.32. The number of hydrogen-bond donors (Lipinski definition) is 4. The van der Waals surface area contributed by atoms with E-state index in [1.54, 1.807) is 0 Å². The Bertz CT molecular complexity index is 823. The molecule has 1 heterocycles. The van der Waals surface area contributed by atoms with E-state index in [9.17, 15) is 0 Å². The quantitative estimate of drug-likeness (QED) is 0.170. The summed E-state index contributed by atoms with van der Waals surface area (Å²) in [5, 5.41) is 23.6. The lowest BCUT2D eigenvalue weighted by Crippen LogP contribution is -1.85. The topological polar surface area (TPSA) is 109 Å². The van der Waals surface area contributed by atoms with Gasteiger partial charge in [-0.25, -0.2) is 10.5 Å². The van der Waals surface area contributed by atoms with Gasteiger partial charge in [0.2, 0.25) is 0 Å². The van der Waals surface area contributed by atoms with Gasteiger partial charge in [0.1, 0.15) is 0 Å². The highest BCUT2D eigenvalue weighted by molar-refractivity contribution is 7.94. The van der Waals surface area contributed by atoms with Gasteiger partial charge >= 0.3 is 0 Å². The summed E-state index contributed by atoms with van der Waals surface area (Å²) in [4.78, 5) is 7.80. The minimum Gasteiger partial charge on any atom is -0.330 e. The Morgan fingerprint density at radius 1 is 0.692 bits per heavy atom. The van der Waals surface area contributed by atoms with Crippen molar-refractivity contribution in [3.05, 3.63) is 53.3 Å². The molecule has 0 amide bonds. The Hall–Kier alpha value is -1.67. The summed E-state index contributed by atoms with van der Waals surface area (Å²) in [5.41, 5.74) is 3.50. The maximum absolute atomic E-state index is 8.20. The van der Waals surface area contributed by atoms with Crippen LogP contribution in [-0.2, 0) is 18.7 Å². The summed E-state index contributed by atoms with van der Waals surface area (Å²) in [6.07, 6.45) is 0. The highest BCUT2D eigenvalue weighted by atomic mass is 32.2. The lowest BCUT2D eigenvalue weighted by atomic mass is 10.1. The second-order valence-corrected chi connectivity index (χ2v) is 6.79. The second-order valence-electron chi connectivity index (χ2n) is 4.83. The molecule has 0 bridgehead atoms. The fourth-order valence-electron chi connectivity index (χ4n) is 2.28. The Labute approximate surface area is 161 Å². The van der Waals surface area contributed by atoms with Crippen LogP contribution in [0.25, 0.3) is 22.5 Å². The standard InChI is InChI=1S/C15H12N2O6S3/c18-20-22-25-11-5-1-9(2-6-11)13-14(17-15(24)16-13)10-3-7-12(8-4-10)26-23-21-19/h1-8,18-19H,(H2,16,17,24). The molecule has 136 valence electrons. The molecule has 2 aromatic carbocycles. The number of aromatic amines is 2. The van der Waals surface area contributed by atoms with Crippen LogP contribution in [0, 0.1) is 4.77 Å². The van der Waals surface area contributed by atoms with Crippen molar-refractivity contribution in [2.24, 2.45) is 0 Å². The maximum atomic E-state index is 8.20. The Morgan fingerprint density at radius 2 is 1.08 bits per heavy atom. The molecule has 0 aliphatic rings. The molecule has 1 aromatic heterocycles. The van der Waals surface area contributed by atoms with Gasteiger partial charge in [-0.1, -0.05) is 34.3 Å². The highest BCUT2D eigenvalue weighted by Crippen LogP contribution is 2.32. The monoisotopic (exact) mass is 412 g/mol. The van der Waals surface area contributed by atoms with Crippen LogP contribution < -0.4 is 0 Å². The fourth-order valence-corrected chi connectivity index (χ4v) is 3.20. The number of benzene rings is 2. The van der Waals surface area contributed by atoms with E-state index in [-0.39, 0.29) is 0 Å². The zero-order valence-electron chi connectivity index (χ0n) is 12.9. The first-order valence-electron chi connectivity index (χ1n) is 7.04. The molecule has 0 spiro atoms. The molecule has 11 heteroatoms. The predicted octanol–water partition coefficient (Wildman–Crippen LogP) is 5.26. The van der Waals surface area contributed by atoms with Gasteiger partial charge in [-0.3, -0.25) is 0 Å². The molecular formula is C15H12N2O6S3. The Morgan fingerprint density at radius 3 is 1.42 bits per heavy atom. The summed E-state index contributed by atoms with van der Waals surface area (Å²) >= 11 is 7.01. The van der Waals surface area contributed by atoms with Gasteiger partial charge in [0.25, 0.3) is 0 Å². The van der Waals surface area contributed by atoms with Gasteiger partial charge in [-0.05, 0) is 36.5 Å². The number of nitrogens with one attached hydrogen (secondary N) is 2. The molecule has 0 aliphatic heterocycles. The summed E-state index contributed by atoms with van der Waals surface area (Å²) < 4.78 is 9.31. The van der Waals surface area contributed by atoms with E-state index in [4.69, 9.17) is 22.7 Å². The van der Waals surface area contributed by atoms with Gasteiger partial charge in [-0.2, -0.15) is 0 Å². The van der Waals surface area contributed by atoms with Gasteiger partial charge < -0.3 is 9.97 Å². The van der Waals surface area contributed by atoms with Crippen LogP contribution in [0.5, 0.6) is 0 Å². The number of H-pyrrole nitrogens is 2. The van der Waals surface area contributed by atoms with Gasteiger partial charge in [0, 0.05) is 20.9 Å². The van der Waals surface area contributed by atoms with Gasteiger partial charge in [0.05, 0.1) is 35.5 Å². The van der Waals surface area contributed by atoms with Crippen molar-refractivity contribution in [1.29, 1.82) is 0 Å². The molecule has 0 fully saturated rings. The van der Waals surface area contributed by atoms with E-state index < -0.39 is 0 Å². The molecular weight excluding hydrogens is 400 g/mol. The van der Waals surface area contributed by atoms with Crippen molar-refractivity contribution in [1.82, 2.24) is 9.97 Å².